The lowest BCUT2D eigenvalue weighted by Crippen LogP contribution is -2.68. The molecule has 124 valence electrons. The minimum Gasteiger partial charge on any atom is -0.390 e. The van der Waals surface area contributed by atoms with Crippen molar-refractivity contribution in [3.05, 3.63) is 0 Å². The van der Waals surface area contributed by atoms with Crippen molar-refractivity contribution in [2.75, 3.05) is 53.6 Å². The Morgan fingerprint density at radius 1 is 1.33 bits per heavy atom. The number of β-amino-alcohol motifs (C(OH)–C–C–N with tert-alkyl or cyclic N) is 1. The second-order valence-electron chi connectivity index (χ2n) is 7.38. The summed E-state index contributed by atoms with van der Waals surface area (Å²) in [5.74, 6) is 0. The molecule has 0 bridgehead atoms. The van der Waals surface area contributed by atoms with Crippen LogP contribution < -0.4 is 0 Å². The largest absolute Gasteiger partial charge is 0.390 e. The minimum absolute atomic E-state index is 0.0545. The van der Waals surface area contributed by atoms with Gasteiger partial charge in [0, 0.05) is 44.7 Å². The summed E-state index contributed by atoms with van der Waals surface area (Å²) in [4.78, 5) is 4.58. The summed E-state index contributed by atoms with van der Waals surface area (Å²) in [6.45, 7) is 11.6. The molecule has 2 fully saturated rings. The van der Waals surface area contributed by atoms with E-state index in [1.54, 1.807) is 7.11 Å². The predicted molar refractivity (Wildman–Crippen MR) is 83.5 cm³/mol. The number of rotatable bonds is 6. The van der Waals surface area contributed by atoms with Gasteiger partial charge in [-0.25, -0.2) is 0 Å². The molecular formula is C16H32N2O3. The number of aliphatic hydroxyl groups excluding tert-OH is 1. The Labute approximate surface area is 129 Å². The van der Waals surface area contributed by atoms with Crippen LogP contribution in [0, 0.1) is 5.41 Å². The predicted octanol–water partition coefficient (Wildman–Crippen LogP) is 0.815. The second kappa shape index (κ2) is 6.50. The van der Waals surface area contributed by atoms with E-state index in [0.717, 1.165) is 39.3 Å². The fraction of sp³-hybridized carbons (Fsp3) is 1.00. The Morgan fingerprint density at radius 2 is 1.95 bits per heavy atom. The van der Waals surface area contributed by atoms with Crippen LogP contribution in [0.25, 0.3) is 0 Å². The first kappa shape index (κ1) is 17.2. The molecule has 3 atom stereocenters. The van der Waals surface area contributed by atoms with Gasteiger partial charge in [0.25, 0.3) is 0 Å². The van der Waals surface area contributed by atoms with E-state index in [1.165, 1.54) is 0 Å². The van der Waals surface area contributed by atoms with Gasteiger partial charge in [0.15, 0.2) is 0 Å². The van der Waals surface area contributed by atoms with E-state index in [1.807, 2.05) is 0 Å². The van der Waals surface area contributed by atoms with Gasteiger partial charge in [-0.05, 0) is 20.4 Å². The maximum Gasteiger partial charge on any atom is 0.0793 e. The lowest BCUT2D eigenvalue weighted by Gasteiger charge is -2.61. The summed E-state index contributed by atoms with van der Waals surface area (Å²) in [6.07, 6.45) is 0.718. The smallest absolute Gasteiger partial charge is 0.0793 e. The van der Waals surface area contributed by atoms with Crippen molar-refractivity contribution in [1.82, 2.24) is 9.80 Å². The second-order valence-corrected chi connectivity index (χ2v) is 7.38. The molecule has 2 aliphatic rings. The van der Waals surface area contributed by atoms with E-state index in [9.17, 15) is 5.11 Å². The van der Waals surface area contributed by atoms with E-state index < -0.39 is 0 Å². The van der Waals surface area contributed by atoms with Crippen molar-refractivity contribution in [3.63, 3.8) is 0 Å². The van der Waals surface area contributed by atoms with Crippen LogP contribution in [0.1, 0.15) is 27.2 Å². The summed E-state index contributed by atoms with van der Waals surface area (Å²) in [5.41, 5.74) is 0.0519. The van der Waals surface area contributed by atoms with Crippen LogP contribution in [-0.2, 0) is 9.47 Å². The highest BCUT2D eigenvalue weighted by molar-refractivity contribution is 5.11. The Balaban J connectivity index is 1.80. The van der Waals surface area contributed by atoms with Gasteiger partial charge in [0.05, 0.1) is 24.9 Å². The highest BCUT2D eigenvalue weighted by Crippen LogP contribution is 2.53. The molecule has 0 spiro atoms. The summed E-state index contributed by atoms with van der Waals surface area (Å²) < 4.78 is 11.0. The van der Waals surface area contributed by atoms with Crippen LogP contribution in [-0.4, -0.2) is 86.2 Å². The first-order valence-corrected chi connectivity index (χ1v) is 8.04. The molecule has 1 aliphatic carbocycles. The van der Waals surface area contributed by atoms with Gasteiger partial charge in [0.2, 0.25) is 0 Å². The normalized spacial score (nSPS) is 34.7. The molecule has 1 heterocycles. The van der Waals surface area contributed by atoms with Gasteiger partial charge in [-0.3, -0.25) is 4.90 Å². The molecule has 1 aliphatic heterocycles. The molecule has 1 saturated carbocycles. The number of morpholine rings is 1. The Morgan fingerprint density at radius 3 is 2.48 bits per heavy atom. The van der Waals surface area contributed by atoms with E-state index in [-0.39, 0.29) is 17.1 Å². The van der Waals surface area contributed by atoms with Crippen molar-refractivity contribution in [1.29, 1.82) is 0 Å². The average Bonchev–Trinajstić information content (AvgIpc) is 2.44. The van der Waals surface area contributed by atoms with Gasteiger partial charge < -0.3 is 19.5 Å². The number of likely N-dealkylation sites (N-methyl/N-ethyl adjacent to an activating group) is 1. The monoisotopic (exact) mass is 300 g/mol. The Hall–Kier alpha value is -0.200. The molecule has 1 saturated heterocycles. The molecule has 0 amide bonds. The third-order valence-corrected chi connectivity index (χ3v) is 5.83. The summed E-state index contributed by atoms with van der Waals surface area (Å²) >= 11 is 0. The SMILES string of the molecule is COC1(C)CC(N(C)CC(O)CN2CCOCC2)C1(C)C. The van der Waals surface area contributed by atoms with Gasteiger partial charge >= 0.3 is 0 Å². The molecule has 0 aromatic carbocycles. The van der Waals surface area contributed by atoms with Crippen molar-refractivity contribution < 1.29 is 14.6 Å². The Kier molecular flexibility index (Phi) is 5.31. The van der Waals surface area contributed by atoms with Crippen LogP contribution in [0.4, 0.5) is 0 Å². The van der Waals surface area contributed by atoms with Gasteiger partial charge in [-0.15, -0.1) is 0 Å². The molecule has 5 heteroatoms. The molecule has 0 aromatic rings. The lowest BCUT2D eigenvalue weighted by molar-refractivity contribution is -0.208. The van der Waals surface area contributed by atoms with Crippen LogP contribution in [0.3, 0.4) is 0 Å². The van der Waals surface area contributed by atoms with Crippen LogP contribution >= 0.6 is 0 Å². The van der Waals surface area contributed by atoms with Crippen molar-refractivity contribution >= 4 is 0 Å². The van der Waals surface area contributed by atoms with E-state index >= 15 is 0 Å². The fourth-order valence-electron chi connectivity index (χ4n) is 3.76. The molecule has 0 radical (unpaired) electrons. The zero-order chi connectivity index (χ0) is 15.7. The van der Waals surface area contributed by atoms with E-state index in [2.05, 4.69) is 37.6 Å². The minimum atomic E-state index is -0.307. The number of aliphatic hydroxyl groups is 1. The molecule has 5 nitrogen and oxygen atoms in total. The van der Waals surface area contributed by atoms with Crippen molar-refractivity contribution in [2.45, 2.75) is 44.9 Å². The van der Waals surface area contributed by atoms with Crippen LogP contribution in [0.2, 0.25) is 0 Å². The number of methoxy groups -OCH3 is 1. The van der Waals surface area contributed by atoms with Crippen molar-refractivity contribution in [2.24, 2.45) is 5.41 Å². The van der Waals surface area contributed by atoms with Gasteiger partial charge in [-0.2, -0.15) is 0 Å². The summed E-state index contributed by atoms with van der Waals surface area (Å²) in [6, 6.07) is 0.460. The fourth-order valence-corrected chi connectivity index (χ4v) is 3.76. The summed E-state index contributed by atoms with van der Waals surface area (Å²) in [5, 5.41) is 10.3. The first-order valence-electron chi connectivity index (χ1n) is 8.04. The number of hydrogen-bond donors (Lipinski definition) is 1. The van der Waals surface area contributed by atoms with Crippen LogP contribution in [0.15, 0.2) is 0 Å². The van der Waals surface area contributed by atoms with Gasteiger partial charge in [0.1, 0.15) is 0 Å². The highest BCUT2D eigenvalue weighted by Gasteiger charge is 2.58. The summed E-state index contributed by atoms with van der Waals surface area (Å²) in [7, 11) is 3.91. The van der Waals surface area contributed by atoms with Crippen molar-refractivity contribution in [3.8, 4) is 0 Å². The molecule has 2 rings (SSSR count). The molecular weight excluding hydrogens is 268 g/mol. The molecule has 3 unspecified atom stereocenters. The number of hydrogen-bond acceptors (Lipinski definition) is 5. The van der Waals surface area contributed by atoms with E-state index in [4.69, 9.17) is 9.47 Å². The highest BCUT2D eigenvalue weighted by atomic mass is 16.5. The quantitative estimate of drug-likeness (QED) is 0.787. The van der Waals surface area contributed by atoms with Gasteiger partial charge in [-0.1, -0.05) is 13.8 Å². The molecule has 0 aromatic heterocycles. The zero-order valence-electron chi connectivity index (χ0n) is 14.3. The topological polar surface area (TPSA) is 45.2 Å². The zero-order valence-corrected chi connectivity index (χ0v) is 14.3. The average molecular weight is 300 g/mol. The maximum atomic E-state index is 10.3. The van der Waals surface area contributed by atoms with Crippen LogP contribution in [0.5, 0.6) is 0 Å². The Bertz CT molecular complexity index is 344. The maximum absolute atomic E-state index is 10.3. The number of nitrogens with zero attached hydrogens (tertiary/aromatic N) is 2. The third kappa shape index (κ3) is 3.42. The standard InChI is InChI=1S/C16H32N2O3/c1-15(2)14(10-16(15,3)20-5)17(4)11-13(19)12-18-6-8-21-9-7-18/h13-14,19H,6-12H2,1-5H3. The molecule has 21 heavy (non-hydrogen) atoms. The number of ether oxygens (including phenoxy) is 2. The first-order chi connectivity index (χ1) is 9.80. The van der Waals surface area contributed by atoms with E-state index in [0.29, 0.717) is 12.6 Å². The third-order valence-electron chi connectivity index (χ3n) is 5.83. The molecule has 1 N–H and O–H groups in total. The lowest BCUT2D eigenvalue weighted by atomic mass is 9.55.